The number of benzene rings is 1. The number of hydrogen-bond acceptors (Lipinski definition) is 9. The molecule has 30 heavy (non-hydrogen) atoms. The number of nitrogens with zero attached hydrogens (tertiary/aromatic N) is 8. The Morgan fingerprint density at radius 3 is 2.60 bits per heavy atom. The van der Waals surface area contributed by atoms with E-state index in [1.54, 1.807) is 11.3 Å². The number of rotatable bonds is 7. The first-order chi connectivity index (χ1) is 14.8. The van der Waals surface area contributed by atoms with Crippen molar-refractivity contribution in [3.05, 3.63) is 30.1 Å². The summed E-state index contributed by atoms with van der Waals surface area (Å²) in [6.45, 7) is 10.5. The summed E-state index contributed by atoms with van der Waals surface area (Å²) in [5.41, 5.74) is 1.09. The molecule has 2 aliphatic rings. The smallest absolute Gasteiger partial charge is 0.186 e. The fourth-order valence-electron chi connectivity index (χ4n) is 4.07. The lowest BCUT2D eigenvalue weighted by Crippen LogP contribution is -2.46. The number of para-hydroxylation sites is 1. The molecule has 2 fully saturated rings. The standard InChI is InChI=1S/C20H28N8OS/c1-2-5-18-17(4-1)21-20(30-18)27-10-8-26(9-11-27)16-19-22-23-24-28(19)7-3-6-25-12-14-29-15-13-25/h1-2,4-5H,3,6-16H2. The lowest BCUT2D eigenvalue weighted by atomic mass is 10.3. The van der Waals surface area contributed by atoms with Gasteiger partial charge in [0.1, 0.15) is 0 Å². The zero-order chi connectivity index (χ0) is 20.2. The normalized spacial score (nSPS) is 19.0. The van der Waals surface area contributed by atoms with Gasteiger partial charge in [-0.2, -0.15) is 0 Å². The van der Waals surface area contributed by atoms with Gasteiger partial charge in [0.05, 0.1) is 30.0 Å². The van der Waals surface area contributed by atoms with E-state index < -0.39 is 0 Å². The Labute approximate surface area is 180 Å². The van der Waals surface area contributed by atoms with Gasteiger partial charge in [-0.1, -0.05) is 23.5 Å². The maximum absolute atomic E-state index is 5.42. The van der Waals surface area contributed by atoms with Crippen molar-refractivity contribution in [1.82, 2.24) is 35.0 Å². The number of morpholine rings is 1. The summed E-state index contributed by atoms with van der Waals surface area (Å²) in [4.78, 5) is 12.1. The molecule has 2 aromatic heterocycles. The molecular weight excluding hydrogens is 400 g/mol. The summed E-state index contributed by atoms with van der Waals surface area (Å²) in [7, 11) is 0. The molecule has 0 bridgehead atoms. The van der Waals surface area contributed by atoms with Crippen molar-refractivity contribution in [2.45, 2.75) is 19.5 Å². The van der Waals surface area contributed by atoms with Crippen LogP contribution in [-0.4, -0.2) is 94.0 Å². The molecule has 0 spiro atoms. The van der Waals surface area contributed by atoms with Crippen molar-refractivity contribution >= 4 is 26.7 Å². The lowest BCUT2D eigenvalue weighted by Gasteiger charge is -2.34. The molecule has 0 aliphatic carbocycles. The second-order valence-corrected chi connectivity index (χ2v) is 8.86. The van der Waals surface area contributed by atoms with Crippen LogP contribution < -0.4 is 4.90 Å². The molecule has 5 rings (SSSR count). The molecule has 0 unspecified atom stereocenters. The molecule has 0 saturated carbocycles. The molecule has 0 amide bonds. The van der Waals surface area contributed by atoms with Gasteiger partial charge in [0, 0.05) is 52.4 Å². The van der Waals surface area contributed by atoms with Crippen LogP contribution in [0.1, 0.15) is 12.2 Å². The first kappa shape index (κ1) is 19.8. The average molecular weight is 429 g/mol. The highest BCUT2D eigenvalue weighted by Crippen LogP contribution is 2.29. The van der Waals surface area contributed by atoms with Gasteiger partial charge in [0.25, 0.3) is 0 Å². The molecule has 2 aliphatic heterocycles. The SMILES string of the molecule is c1ccc2sc(N3CCN(Cc4nnnn4CCCN4CCOCC4)CC3)nc2c1. The van der Waals surface area contributed by atoms with E-state index in [0.29, 0.717) is 0 Å². The zero-order valence-corrected chi connectivity index (χ0v) is 18.0. The topological polar surface area (TPSA) is 75.4 Å². The summed E-state index contributed by atoms with van der Waals surface area (Å²) in [6.07, 6.45) is 1.06. The Hall–Kier alpha value is -2.14. The van der Waals surface area contributed by atoms with E-state index in [1.807, 2.05) is 4.68 Å². The van der Waals surface area contributed by atoms with Gasteiger partial charge in [-0.25, -0.2) is 9.67 Å². The summed E-state index contributed by atoms with van der Waals surface area (Å²) in [6, 6.07) is 8.36. The average Bonchev–Trinajstić information content (AvgIpc) is 3.42. The van der Waals surface area contributed by atoms with E-state index in [0.717, 1.165) is 95.0 Å². The van der Waals surface area contributed by atoms with Gasteiger partial charge in [0.15, 0.2) is 11.0 Å². The number of aryl methyl sites for hydroxylation is 1. The second-order valence-electron chi connectivity index (χ2n) is 7.85. The number of thiazole rings is 1. The van der Waals surface area contributed by atoms with E-state index in [9.17, 15) is 0 Å². The molecule has 2 saturated heterocycles. The van der Waals surface area contributed by atoms with E-state index in [2.05, 4.69) is 54.5 Å². The Balaban J connectivity index is 1.11. The van der Waals surface area contributed by atoms with Gasteiger partial charge >= 0.3 is 0 Å². The third kappa shape index (κ3) is 4.61. The number of fused-ring (bicyclic) bond motifs is 1. The molecule has 0 N–H and O–H groups in total. The largest absolute Gasteiger partial charge is 0.379 e. The van der Waals surface area contributed by atoms with Gasteiger partial charge in [-0.15, -0.1) is 5.10 Å². The molecule has 0 atom stereocenters. The zero-order valence-electron chi connectivity index (χ0n) is 17.2. The van der Waals surface area contributed by atoms with Crippen molar-refractivity contribution < 1.29 is 4.74 Å². The molecule has 3 aromatic rings. The summed E-state index contributed by atoms with van der Waals surface area (Å²) >= 11 is 1.78. The van der Waals surface area contributed by atoms with Crippen LogP contribution >= 0.6 is 11.3 Å². The highest BCUT2D eigenvalue weighted by atomic mass is 32.1. The third-order valence-electron chi connectivity index (χ3n) is 5.84. The minimum Gasteiger partial charge on any atom is -0.379 e. The molecule has 1 aromatic carbocycles. The van der Waals surface area contributed by atoms with E-state index >= 15 is 0 Å². The van der Waals surface area contributed by atoms with Crippen LogP contribution in [0.25, 0.3) is 10.2 Å². The van der Waals surface area contributed by atoms with Crippen LogP contribution in [0.4, 0.5) is 5.13 Å². The summed E-state index contributed by atoms with van der Waals surface area (Å²) < 4.78 is 8.64. The van der Waals surface area contributed by atoms with Crippen LogP contribution in [0.15, 0.2) is 24.3 Å². The minimum atomic E-state index is 0.804. The summed E-state index contributed by atoms with van der Waals surface area (Å²) in [5.74, 6) is 0.963. The van der Waals surface area contributed by atoms with Crippen molar-refractivity contribution in [3.63, 3.8) is 0 Å². The lowest BCUT2D eigenvalue weighted by molar-refractivity contribution is 0.0367. The predicted octanol–water partition coefficient (Wildman–Crippen LogP) is 1.33. The van der Waals surface area contributed by atoms with E-state index in [4.69, 9.17) is 9.72 Å². The predicted molar refractivity (Wildman–Crippen MR) is 117 cm³/mol. The fraction of sp³-hybridized carbons (Fsp3) is 0.600. The quantitative estimate of drug-likeness (QED) is 0.558. The Morgan fingerprint density at radius 2 is 1.77 bits per heavy atom. The maximum atomic E-state index is 5.42. The van der Waals surface area contributed by atoms with Crippen LogP contribution in [0.2, 0.25) is 0 Å². The van der Waals surface area contributed by atoms with Gasteiger partial charge in [0.2, 0.25) is 0 Å². The Kier molecular flexibility index (Phi) is 6.16. The number of aromatic nitrogens is 5. The van der Waals surface area contributed by atoms with Gasteiger partial charge < -0.3 is 9.64 Å². The summed E-state index contributed by atoms with van der Waals surface area (Å²) in [5, 5.41) is 13.6. The number of anilines is 1. The van der Waals surface area contributed by atoms with Crippen LogP contribution in [-0.2, 0) is 17.8 Å². The molecule has 10 heteroatoms. The van der Waals surface area contributed by atoms with Crippen LogP contribution in [0, 0.1) is 0 Å². The number of hydrogen-bond donors (Lipinski definition) is 0. The number of tetrazole rings is 1. The molecule has 160 valence electrons. The minimum absolute atomic E-state index is 0.804. The first-order valence-electron chi connectivity index (χ1n) is 10.7. The maximum Gasteiger partial charge on any atom is 0.186 e. The second kappa shape index (κ2) is 9.34. The first-order valence-corrected chi connectivity index (χ1v) is 11.5. The Bertz CT molecular complexity index is 912. The van der Waals surface area contributed by atoms with E-state index in [-0.39, 0.29) is 0 Å². The highest BCUT2D eigenvalue weighted by molar-refractivity contribution is 7.22. The van der Waals surface area contributed by atoms with Crippen molar-refractivity contribution in [3.8, 4) is 0 Å². The van der Waals surface area contributed by atoms with Crippen molar-refractivity contribution in [2.24, 2.45) is 0 Å². The number of piperazine rings is 1. The van der Waals surface area contributed by atoms with E-state index in [1.165, 1.54) is 4.70 Å². The van der Waals surface area contributed by atoms with Crippen LogP contribution in [0.5, 0.6) is 0 Å². The molecule has 4 heterocycles. The van der Waals surface area contributed by atoms with Crippen LogP contribution in [0.3, 0.4) is 0 Å². The monoisotopic (exact) mass is 428 g/mol. The van der Waals surface area contributed by atoms with Gasteiger partial charge in [-0.3, -0.25) is 9.80 Å². The van der Waals surface area contributed by atoms with Gasteiger partial charge in [-0.05, 0) is 29.0 Å². The highest BCUT2D eigenvalue weighted by Gasteiger charge is 2.21. The molecular formula is C20H28N8OS. The number of ether oxygens (including phenoxy) is 1. The Morgan fingerprint density at radius 1 is 0.933 bits per heavy atom. The fourth-order valence-corrected chi connectivity index (χ4v) is 5.09. The molecule has 9 nitrogen and oxygen atoms in total. The third-order valence-corrected chi connectivity index (χ3v) is 6.94. The van der Waals surface area contributed by atoms with Crippen molar-refractivity contribution in [1.29, 1.82) is 0 Å². The molecule has 0 radical (unpaired) electrons. The van der Waals surface area contributed by atoms with Crippen molar-refractivity contribution in [2.75, 3.05) is 63.9 Å².